The Balaban J connectivity index is 1.84. The minimum atomic E-state index is -1.31. The average molecular weight is 431 g/mol. The Morgan fingerprint density at radius 2 is 1.13 bits per heavy atom. The summed E-state index contributed by atoms with van der Waals surface area (Å²) in [4.78, 5) is 4.36. The van der Waals surface area contributed by atoms with Crippen molar-refractivity contribution >= 4 is 10.0 Å². The molecule has 0 spiro atoms. The van der Waals surface area contributed by atoms with Crippen LogP contribution in [0.15, 0.2) is 118 Å². The second-order valence-electron chi connectivity index (χ2n) is 8.64. The van der Waals surface area contributed by atoms with Gasteiger partial charge in [0.25, 0.3) is 0 Å². The van der Waals surface area contributed by atoms with Gasteiger partial charge in [0, 0.05) is 0 Å². The summed E-state index contributed by atoms with van der Waals surface area (Å²) in [6.07, 6.45) is 7.36. The Labute approximate surface area is 191 Å². The fourth-order valence-electron chi connectivity index (χ4n) is 4.29. The predicted molar refractivity (Wildman–Crippen MR) is 138 cm³/mol. The molecule has 1 heteroatoms. The van der Waals surface area contributed by atoms with Crippen molar-refractivity contribution in [3.63, 3.8) is 0 Å². The summed E-state index contributed by atoms with van der Waals surface area (Å²) in [5.74, 6) is 1.99. The SMILES string of the molecule is C=C(CCC[C@@H](C)CC)CCCS(c1ccccc1)(c1ccccc1)c1ccccc1. The van der Waals surface area contributed by atoms with Crippen LogP contribution in [0.25, 0.3) is 0 Å². The molecule has 0 unspecified atom stereocenters. The third-order valence-corrected chi connectivity index (χ3v) is 10.5. The number of rotatable bonds is 12. The minimum absolute atomic E-state index is 0.833. The minimum Gasteiger partial charge on any atom is -0.160 e. The first-order valence-corrected chi connectivity index (χ1v) is 13.6. The summed E-state index contributed by atoms with van der Waals surface area (Å²) in [6.45, 7) is 9.08. The molecule has 0 bridgehead atoms. The van der Waals surface area contributed by atoms with E-state index >= 15 is 0 Å². The van der Waals surface area contributed by atoms with Gasteiger partial charge in [0.15, 0.2) is 0 Å². The van der Waals surface area contributed by atoms with Crippen LogP contribution in [0.4, 0.5) is 0 Å². The van der Waals surface area contributed by atoms with E-state index < -0.39 is 10.0 Å². The third-order valence-electron chi connectivity index (χ3n) is 6.34. The quantitative estimate of drug-likeness (QED) is 0.251. The molecule has 0 saturated heterocycles. The van der Waals surface area contributed by atoms with Gasteiger partial charge in [0.2, 0.25) is 0 Å². The lowest BCUT2D eigenvalue weighted by Gasteiger charge is -2.42. The second-order valence-corrected chi connectivity index (χ2v) is 11.9. The summed E-state index contributed by atoms with van der Waals surface area (Å²) in [5.41, 5.74) is 1.42. The van der Waals surface area contributed by atoms with Crippen LogP contribution in [0.5, 0.6) is 0 Å². The molecule has 31 heavy (non-hydrogen) atoms. The molecule has 0 amide bonds. The van der Waals surface area contributed by atoms with Crippen LogP contribution in [-0.2, 0) is 0 Å². The Kier molecular flexibility index (Phi) is 9.03. The van der Waals surface area contributed by atoms with Crippen LogP contribution in [0.3, 0.4) is 0 Å². The smallest absolute Gasteiger partial charge is 0.00187 e. The van der Waals surface area contributed by atoms with Gasteiger partial charge in [-0.3, -0.25) is 0 Å². The maximum atomic E-state index is 4.42. The fraction of sp³-hybridized carbons (Fsp3) is 0.333. The lowest BCUT2D eigenvalue weighted by Crippen LogP contribution is -2.09. The van der Waals surface area contributed by atoms with E-state index in [9.17, 15) is 0 Å². The first kappa shape index (κ1) is 23.4. The van der Waals surface area contributed by atoms with E-state index in [4.69, 9.17) is 0 Å². The number of benzene rings is 3. The molecule has 0 aliphatic rings. The van der Waals surface area contributed by atoms with Crippen LogP contribution < -0.4 is 0 Å². The lowest BCUT2D eigenvalue weighted by atomic mass is 9.98. The van der Waals surface area contributed by atoms with E-state index in [1.54, 1.807) is 0 Å². The van der Waals surface area contributed by atoms with Crippen molar-refractivity contribution in [2.24, 2.45) is 5.92 Å². The van der Waals surface area contributed by atoms with Crippen molar-refractivity contribution in [3.05, 3.63) is 103 Å². The van der Waals surface area contributed by atoms with E-state index in [1.165, 1.54) is 52.4 Å². The highest BCUT2D eigenvalue weighted by Crippen LogP contribution is 2.68. The fourth-order valence-corrected chi connectivity index (χ4v) is 8.25. The third kappa shape index (κ3) is 6.14. The number of hydrogen-bond donors (Lipinski definition) is 0. The molecule has 3 aromatic carbocycles. The van der Waals surface area contributed by atoms with E-state index in [2.05, 4.69) is 111 Å². The van der Waals surface area contributed by atoms with Crippen LogP contribution >= 0.6 is 10.0 Å². The average Bonchev–Trinajstić information content (AvgIpc) is 2.83. The molecule has 0 saturated carbocycles. The molecule has 3 aromatic rings. The van der Waals surface area contributed by atoms with E-state index in [1.807, 2.05) is 0 Å². The summed E-state index contributed by atoms with van der Waals surface area (Å²) in [7, 11) is -1.31. The monoisotopic (exact) mass is 430 g/mol. The largest absolute Gasteiger partial charge is 0.160 e. The van der Waals surface area contributed by atoms with Crippen molar-refractivity contribution in [1.29, 1.82) is 0 Å². The predicted octanol–water partition coefficient (Wildman–Crippen LogP) is 9.52. The van der Waals surface area contributed by atoms with Crippen molar-refractivity contribution in [2.75, 3.05) is 5.75 Å². The topological polar surface area (TPSA) is 0 Å². The van der Waals surface area contributed by atoms with Crippen LogP contribution in [0.2, 0.25) is 0 Å². The van der Waals surface area contributed by atoms with Gasteiger partial charge in [-0.25, -0.2) is 0 Å². The molecule has 0 N–H and O–H groups in total. The lowest BCUT2D eigenvalue weighted by molar-refractivity contribution is 0.493. The van der Waals surface area contributed by atoms with Gasteiger partial charge in [-0.1, -0.05) is 93.4 Å². The van der Waals surface area contributed by atoms with E-state index in [-0.39, 0.29) is 0 Å². The van der Waals surface area contributed by atoms with Crippen LogP contribution in [0, 0.1) is 5.92 Å². The maximum Gasteiger partial charge on any atom is -0.00187 e. The Bertz CT molecular complexity index is 802. The van der Waals surface area contributed by atoms with Gasteiger partial charge in [-0.05, 0) is 88.4 Å². The Hall–Kier alpha value is -2.25. The number of allylic oxidation sites excluding steroid dienone is 1. The molecule has 1 atom stereocenters. The van der Waals surface area contributed by atoms with Gasteiger partial charge >= 0.3 is 0 Å². The number of hydrogen-bond acceptors (Lipinski definition) is 0. The molecule has 0 fully saturated rings. The van der Waals surface area contributed by atoms with E-state index in [0.29, 0.717) is 0 Å². The van der Waals surface area contributed by atoms with Crippen molar-refractivity contribution < 1.29 is 0 Å². The summed E-state index contributed by atoms with van der Waals surface area (Å²) in [5, 5.41) is 0. The van der Waals surface area contributed by atoms with Crippen LogP contribution in [0.1, 0.15) is 52.4 Å². The van der Waals surface area contributed by atoms with Crippen molar-refractivity contribution in [3.8, 4) is 0 Å². The van der Waals surface area contributed by atoms with Gasteiger partial charge in [-0.15, -0.1) is 0 Å². The molecule has 0 aliphatic carbocycles. The maximum absolute atomic E-state index is 4.42. The van der Waals surface area contributed by atoms with Crippen LogP contribution in [-0.4, -0.2) is 5.75 Å². The second kappa shape index (κ2) is 12.0. The molecule has 3 rings (SSSR count). The molecular weight excluding hydrogens is 392 g/mol. The molecule has 0 aromatic heterocycles. The van der Waals surface area contributed by atoms with Crippen molar-refractivity contribution in [2.45, 2.75) is 67.1 Å². The zero-order chi connectivity index (χ0) is 21.9. The van der Waals surface area contributed by atoms with Gasteiger partial charge < -0.3 is 0 Å². The molecule has 0 heterocycles. The summed E-state index contributed by atoms with van der Waals surface area (Å²) in [6, 6.07) is 33.5. The highest BCUT2D eigenvalue weighted by molar-refractivity contribution is 8.33. The van der Waals surface area contributed by atoms with Gasteiger partial charge in [-0.2, -0.15) is 10.0 Å². The summed E-state index contributed by atoms with van der Waals surface area (Å²) < 4.78 is 0. The van der Waals surface area contributed by atoms with Gasteiger partial charge in [0.1, 0.15) is 0 Å². The first-order valence-electron chi connectivity index (χ1n) is 11.8. The zero-order valence-electron chi connectivity index (χ0n) is 19.3. The zero-order valence-corrected chi connectivity index (χ0v) is 20.1. The highest BCUT2D eigenvalue weighted by atomic mass is 32.3. The normalized spacial score (nSPS) is 13.0. The Morgan fingerprint density at radius 1 is 0.710 bits per heavy atom. The van der Waals surface area contributed by atoms with Crippen molar-refractivity contribution in [1.82, 2.24) is 0 Å². The molecular formula is C30H38S. The summed E-state index contributed by atoms with van der Waals surface area (Å²) >= 11 is 0. The Morgan fingerprint density at radius 3 is 1.55 bits per heavy atom. The molecule has 164 valence electrons. The first-order chi connectivity index (χ1) is 15.2. The molecule has 0 nitrogen and oxygen atoms in total. The van der Waals surface area contributed by atoms with Gasteiger partial charge in [0.05, 0.1) is 0 Å². The van der Waals surface area contributed by atoms with E-state index in [0.717, 1.165) is 18.1 Å². The standard InChI is InChI=1S/C30H38S/c1-4-26(2)16-14-17-27(3)18-15-25-31(28-19-8-5-9-20-28,29-21-10-6-11-22-29)30-23-12-7-13-24-30/h5-13,19-24,26H,3-4,14-18,25H2,1-2H3/t26-/m0/s1. The highest BCUT2D eigenvalue weighted by Gasteiger charge is 2.30. The molecule has 0 radical (unpaired) electrons. The molecule has 0 aliphatic heterocycles.